The molecule has 0 amide bonds. The normalized spacial score (nSPS) is 58.9. The second kappa shape index (κ2) is 2.23. The number of fused-ring (bicyclic) bond motifs is 1. The first kappa shape index (κ1) is 8.50. The van der Waals surface area contributed by atoms with Crippen LogP contribution in [0, 0.1) is 0 Å². The molecule has 2 saturated heterocycles. The molecule has 0 aromatic heterocycles. The van der Waals surface area contributed by atoms with E-state index in [0.29, 0.717) is 0 Å². The van der Waals surface area contributed by atoms with Crippen molar-refractivity contribution in [2.24, 2.45) is 0 Å². The standard InChI is InChI=1S/C7H13BO4/c1-6-4(9)2-12-7(6,8)5(10)3-11-6/h4-5,9-10H,2-3,8H2,1H3/t4?,5?,6-,7-/m1/s1. The van der Waals surface area contributed by atoms with Crippen LogP contribution in [0.5, 0.6) is 0 Å². The van der Waals surface area contributed by atoms with Crippen LogP contribution >= 0.6 is 0 Å². The molecule has 0 aliphatic carbocycles. The molecule has 0 saturated carbocycles. The number of hydrogen-bond acceptors (Lipinski definition) is 4. The molecule has 0 aromatic carbocycles. The van der Waals surface area contributed by atoms with Gasteiger partial charge in [0.2, 0.25) is 0 Å². The van der Waals surface area contributed by atoms with Gasteiger partial charge in [-0.3, -0.25) is 0 Å². The predicted octanol–water partition coefficient (Wildman–Crippen LogP) is -2.14. The van der Waals surface area contributed by atoms with Crippen LogP contribution < -0.4 is 0 Å². The largest absolute Gasteiger partial charge is 0.388 e. The van der Waals surface area contributed by atoms with Gasteiger partial charge in [0.25, 0.3) is 0 Å². The van der Waals surface area contributed by atoms with E-state index in [9.17, 15) is 10.2 Å². The lowest BCUT2D eigenvalue weighted by atomic mass is 9.67. The molecule has 12 heavy (non-hydrogen) atoms. The summed E-state index contributed by atoms with van der Waals surface area (Å²) in [6.45, 7) is 2.26. The first-order valence-electron chi connectivity index (χ1n) is 4.15. The van der Waals surface area contributed by atoms with Gasteiger partial charge in [-0.1, -0.05) is 0 Å². The van der Waals surface area contributed by atoms with Gasteiger partial charge in [-0.25, -0.2) is 0 Å². The Labute approximate surface area is 71.9 Å². The summed E-state index contributed by atoms with van der Waals surface area (Å²) in [4.78, 5) is 0. The van der Waals surface area contributed by atoms with Crippen molar-refractivity contribution in [3.05, 3.63) is 0 Å². The lowest BCUT2D eigenvalue weighted by molar-refractivity contribution is -0.0746. The minimum Gasteiger partial charge on any atom is -0.388 e. The Morgan fingerprint density at radius 3 is 2.42 bits per heavy atom. The Morgan fingerprint density at radius 1 is 1.25 bits per heavy atom. The maximum absolute atomic E-state index is 9.58. The smallest absolute Gasteiger partial charge is 0.150 e. The van der Waals surface area contributed by atoms with Crippen LogP contribution in [0.4, 0.5) is 0 Å². The van der Waals surface area contributed by atoms with Gasteiger partial charge in [0.1, 0.15) is 17.8 Å². The third-order valence-corrected chi connectivity index (χ3v) is 3.34. The molecule has 0 bridgehead atoms. The summed E-state index contributed by atoms with van der Waals surface area (Å²) in [5.74, 6) is 0. The summed E-state index contributed by atoms with van der Waals surface area (Å²) in [5.41, 5.74) is -1.49. The molecule has 2 unspecified atom stereocenters. The van der Waals surface area contributed by atoms with Crippen LogP contribution in [-0.4, -0.2) is 54.6 Å². The van der Waals surface area contributed by atoms with Crippen LogP contribution in [-0.2, 0) is 9.47 Å². The lowest BCUT2D eigenvalue weighted by Gasteiger charge is -2.34. The van der Waals surface area contributed by atoms with E-state index >= 15 is 0 Å². The van der Waals surface area contributed by atoms with Crippen molar-refractivity contribution in [1.29, 1.82) is 0 Å². The highest BCUT2D eigenvalue weighted by Crippen LogP contribution is 2.44. The fourth-order valence-electron chi connectivity index (χ4n) is 1.96. The summed E-state index contributed by atoms with van der Waals surface area (Å²) in [7, 11) is 1.78. The summed E-state index contributed by atoms with van der Waals surface area (Å²) in [6.07, 6.45) is -1.28. The van der Waals surface area contributed by atoms with Crippen LogP contribution in [0.3, 0.4) is 0 Å². The van der Waals surface area contributed by atoms with E-state index in [1.54, 1.807) is 14.8 Å². The summed E-state index contributed by atoms with van der Waals surface area (Å²) >= 11 is 0. The second-order valence-electron chi connectivity index (χ2n) is 3.87. The molecule has 0 spiro atoms. The zero-order valence-electron chi connectivity index (χ0n) is 7.28. The van der Waals surface area contributed by atoms with Crippen LogP contribution in [0.1, 0.15) is 6.92 Å². The van der Waals surface area contributed by atoms with Gasteiger partial charge >= 0.3 is 0 Å². The molecule has 2 rings (SSSR count). The quantitative estimate of drug-likeness (QED) is 0.409. The number of rotatable bonds is 0. The highest BCUT2D eigenvalue weighted by Gasteiger charge is 2.64. The van der Waals surface area contributed by atoms with Crippen molar-refractivity contribution in [2.75, 3.05) is 13.2 Å². The summed E-state index contributed by atoms with van der Waals surface area (Å²) < 4.78 is 10.7. The Hall–Kier alpha value is -0.0951. The molecule has 2 aliphatic heterocycles. The highest BCUT2D eigenvalue weighted by molar-refractivity contribution is 6.16. The van der Waals surface area contributed by atoms with Crippen molar-refractivity contribution in [3.8, 4) is 0 Å². The van der Waals surface area contributed by atoms with Crippen molar-refractivity contribution < 1.29 is 19.7 Å². The average Bonchev–Trinajstić information content (AvgIpc) is 2.39. The van der Waals surface area contributed by atoms with E-state index in [1.165, 1.54) is 0 Å². The third-order valence-electron chi connectivity index (χ3n) is 3.34. The second-order valence-corrected chi connectivity index (χ2v) is 3.87. The predicted molar refractivity (Wildman–Crippen MR) is 43.6 cm³/mol. The van der Waals surface area contributed by atoms with Gasteiger partial charge in [-0.05, 0) is 6.92 Å². The van der Waals surface area contributed by atoms with E-state index in [2.05, 4.69) is 0 Å². The zero-order chi connectivity index (χ0) is 8.98. The molecule has 2 aliphatic rings. The van der Waals surface area contributed by atoms with Crippen molar-refractivity contribution in [2.45, 2.75) is 30.2 Å². The van der Waals surface area contributed by atoms with E-state index in [4.69, 9.17) is 9.47 Å². The fourth-order valence-corrected chi connectivity index (χ4v) is 1.96. The molecule has 4 nitrogen and oxygen atoms in total. The molecule has 2 N–H and O–H groups in total. The van der Waals surface area contributed by atoms with Gasteiger partial charge in [0.05, 0.1) is 18.7 Å². The van der Waals surface area contributed by atoms with Gasteiger partial charge in [-0.15, -0.1) is 0 Å². The molecule has 0 radical (unpaired) electrons. The molecule has 68 valence electrons. The monoisotopic (exact) mass is 172 g/mol. The molecule has 4 atom stereocenters. The summed E-state index contributed by atoms with van der Waals surface area (Å²) in [5, 5.41) is 19.2. The van der Waals surface area contributed by atoms with Crippen LogP contribution in [0.15, 0.2) is 0 Å². The number of hydrogen-bond donors (Lipinski definition) is 2. The minimum absolute atomic E-state index is 0.240. The molecular formula is C7H13BO4. The van der Waals surface area contributed by atoms with Crippen molar-refractivity contribution >= 4 is 7.85 Å². The van der Waals surface area contributed by atoms with Crippen LogP contribution in [0.25, 0.3) is 0 Å². The van der Waals surface area contributed by atoms with Crippen molar-refractivity contribution in [1.82, 2.24) is 0 Å². The first-order valence-corrected chi connectivity index (χ1v) is 4.15. The number of ether oxygens (including phenoxy) is 2. The molecule has 0 aromatic rings. The van der Waals surface area contributed by atoms with E-state index in [-0.39, 0.29) is 13.2 Å². The zero-order valence-corrected chi connectivity index (χ0v) is 7.28. The first-order chi connectivity index (χ1) is 5.51. The molecule has 2 fully saturated rings. The topological polar surface area (TPSA) is 58.9 Å². The molecular weight excluding hydrogens is 159 g/mol. The Kier molecular flexibility index (Phi) is 1.58. The third kappa shape index (κ3) is 0.725. The van der Waals surface area contributed by atoms with E-state index in [1.807, 2.05) is 0 Å². The maximum atomic E-state index is 9.58. The number of aliphatic hydroxyl groups excluding tert-OH is 2. The van der Waals surface area contributed by atoms with Gasteiger partial charge in [-0.2, -0.15) is 0 Å². The molecule has 5 heteroatoms. The SMILES string of the molecule is B[C@]12OCC(O)[C@@]1(C)OCC2O. The average molecular weight is 172 g/mol. The Morgan fingerprint density at radius 2 is 1.83 bits per heavy atom. The highest BCUT2D eigenvalue weighted by atomic mass is 16.6. The van der Waals surface area contributed by atoms with Gasteiger partial charge in [0.15, 0.2) is 7.85 Å². The minimum atomic E-state index is -0.744. The van der Waals surface area contributed by atoms with Crippen LogP contribution in [0.2, 0.25) is 0 Å². The van der Waals surface area contributed by atoms with Gasteiger partial charge in [0, 0.05) is 0 Å². The number of aliphatic hydroxyl groups is 2. The lowest BCUT2D eigenvalue weighted by Crippen LogP contribution is -2.56. The van der Waals surface area contributed by atoms with E-state index in [0.717, 1.165) is 0 Å². The van der Waals surface area contributed by atoms with Gasteiger partial charge < -0.3 is 19.7 Å². The fraction of sp³-hybridized carbons (Fsp3) is 1.00. The molecule has 2 heterocycles. The Bertz CT molecular complexity index is 190. The summed E-state index contributed by atoms with van der Waals surface area (Å²) in [6, 6.07) is 0. The maximum Gasteiger partial charge on any atom is 0.150 e. The Balaban J connectivity index is 2.37. The van der Waals surface area contributed by atoms with Crippen molar-refractivity contribution in [3.63, 3.8) is 0 Å². The van der Waals surface area contributed by atoms with E-state index < -0.39 is 23.3 Å².